The number of carbonyl (C=O) groups is 2. The predicted molar refractivity (Wildman–Crippen MR) is 89.3 cm³/mol. The monoisotopic (exact) mass is 377 g/mol. The number of hydrogen-bond acceptors (Lipinski definition) is 4. The second kappa shape index (κ2) is 8.33. The van der Waals surface area contributed by atoms with E-state index in [1.165, 1.54) is 7.11 Å². The van der Waals surface area contributed by atoms with Crippen molar-refractivity contribution in [3.8, 4) is 5.75 Å². The Morgan fingerprint density at radius 2 is 1.87 bits per heavy atom. The molecule has 0 radical (unpaired) electrons. The normalized spacial score (nSPS) is 10.0. The fourth-order valence-corrected chi connectivity index (χ4v) is 2.08. The number of amides is 1. The van der Waals surface area contributed by atoms with Crippen molar-refractivity contribution in [3.05, 3.63) is 64.1 Å². The molecule has 0 aliphatic carbocycles. The first kappa shape index (κ1) is 17.0. The maximum absolute atomic E-state index is 11.9. The molecule has 0 heterocycles. The van der Waals surface area contributed by atoms with E-state index in [0.717, 1.165) is 10.0 Å². The van der Waals surface area contributed by atoms with Crippen molar-refractivity contribution in [1.29, 1.82) is 0 Å². The summed E-state index contributed by atoms with van der Waals surface area (Å²) in [4.78, 5) is 23.6. The van der Waals surface area contributed by atoms with Gasteiger partial charge in [0.05, 0.1) is 7.11 Å². The van der Waals surface area contributed by atoms with Gasteiger partial charge in [0, 0.05) is 10.0 Å². The van der Waals surface area contributed by atoms with E-state index >= 15 is 0 Å². The van der Waals surface area contributed by atoms with Crippen LogP contribution in [0, 0.1) is 0 Å². The number of ether oxygens (including phenoxy) is 2. The predicted octanol–water partition coefficient (Wildman–Crippen LogP) is 2.93. The SMILES string of the molecule is COc1cccc(C(=O)NCC(=O)OCc2ccc(Br)cc2)c1. The Kier molecular flexibility index (Phi) is 6.17. The van der Waals surface area contributed by atoms with Gasteiger partial charge in [0.15, 0.2) is 0 Å². The van der Waals surface area contributed by atoms with E-state index in [1.807, 2.05) is 24.3 Å². The van der Waals surface area contributed by atoms with Gasteiger partial charge < -0.3 is 14.8 Å². The van der Waals surface area contributed by atoms with Crippen LogP contribution in [0.5, 0.6) is 5.75 Å². The zero-order valence-corrected chi connectivity index (χ0v) is 14.1. The topological polar surface area (TPSA) is 64.6 Å². The first-order chi connectivity index (χ1) is 11.1. The van der Waals surface area contributed by atoms with Crippen LogP contribution in [0.1, 0.15) is 15.9 Å². The van der Waals surface area contributed by atoms with Crippen molar-refractivity contribution in [2.75, 3.05) is 13.7 Å². The Morgan fingerprint density at radius 3 is 2.57 bits per heavy atom. The molecule has 2 rings (SSSR count). The third-order valence-corrected chi connectivity index (χ3v) is 3.57. The summed E-state index contributed by atoms with van der Waals surface area (Å²) >= 11 is 3.33. The lowest BCUT2D eigenvalue weighted by atomic mass is 10.2. The minimum atomic E-state index is -0.496. The molecule has 2 aromatic carbocycles. The molecule has 23 heavy (non-hydrogen) atoms. The van der Waals surface area contributed by atoms with Crippen LogP contribution in [-0.4, -0.2) is 25.5 Å². The van der Waals surface area contributed by atoms with Crippen LogP contribution in [-0.2, 0) is 16.1 Å². The zero-order chi connectivity index (χ0) is 16.7. The lowest BCUT2D eigenvalue weighted by Crippen LogP contribution is -2.30. The summed E-state index contributed by atoms with van der Waals surface area (Å²) in [6, 6.07) is 14.1. The molecule has 2 aromatic rings. The van der Waals surface area contributed by atoms with E-state index in [9.17, 15) is 9.59 Å². The summed E-state index contributed by atoms with van der Waals surface area (Å²) in [5.74, 6) is -0.274. The van der Waals surface area contributed by atoms with Gasteiger partial charge in [-0.1, -0.05) is 34.1 Å². The molecule has 5 nitrogen and oxygen atoms in total. The fraction of sp³-hybridized carbons (Fsp3) is 0.176. The number of benzene rings is 2. The third-order valence-electron chi connectivity index (χ3n) is 3.04. The molecule has 0 spiro atoms. The lowest BCUT2D eigenvalue weighted by molar-refractivity contribution is -0.143. The minimum absolute atomic E-state index is 0.168. The average molecular weight is 378 g/mol. The maximum atomic E-state index is 11.9. The standard InChI is InChI=1S/C17H16BrNO4/c1-22-15-4-2-3-13(9-15)17(21)19-10-16(20)23-11-12-5-7-14(18)8-6-12/h2-9H,10-11H2,1H3,(H,19,21). The summed E-state index contributed by atoms with van der Waals surface area (Å²) < 4.78 is 11.1. The highest BCUT2D eigenvalue weighted by molar-refractivity contribution is 9.10. The molecule has 0 unspecified atom stereocenters. The Balaban J connectivity index is 1.79. The zero-order valence-electron chi connectivity index (χ0n) is 12.5. The number of halogens is 1. The van der Waals surface area contributed by atoms with Gasteiger partial charge in [-0.3, -0.25) is 9.59 Å². The fourth-order valence-electron chi connectivity index (χ4n) is 1.81. The lowest BCUT2D eigenvalue weighted by Gasteiger charge is -2.07. The first-order valence-corrected chi connectivity index (χ1v) is 7.70. The van der Waals surface area contributed by atoms with E-state index in [4.69, 9.17) is 9.47 Å². The number of esters is 1. The van der Waals surface area contributed by atoms with E-state index < -0.39 is 5.97 Å². The summed E-state index contributed by atoms with van der Waals surface area (Å²) in [5.41, 5.74) is 1.30. The Morgan fingerprint density at radius 1 is 1.13 bits per heavy atom. The Labute approximate surface area is 142 Å². The summed E-state index contributed by atoms with van der Waals surface area (Å²) in [5, 5.41) is 2.52. The van der Waals surface area contributed by atoms with E-state index in [-0.39, 0.29) is 19.1 Å². The molecular formula is C17H16BrNO4. The van der Waals surface area contributed by atoms with Gasteiger partial charge >= 0.3 is 5.97 Å². The van der Waals surface area contributed by atoms with Gasteiger partial charge in [0.1, 0.15) is 18.9 Å². The van der Waals surface area contributed by atoms with Crippen molar-refractivity contribution < 1.29 is 19.1 Å². The second-order valence-corrected chi connectivity index (χ2v) is 5.62. The summed E-state index contributed by atoms with van der Waals surface area (Å²) in [6.07, 6.45) is 0. The number of hydrogen-bond donors (Lipinski definition) is 1. The largest absolute Gasteiger partial charge is 0.497 e. The third kappa shape index (κ3) is 5.41. The van der Waals surface area contributed by atoms with E-state index in [1.54, 1.807) is 24.3 Å². The Bertz CT molecular complexity index is 685. The number of carbonyl (C=O) groups excluding carboxylic acids is 2. The van der Waals surface area contributed by atoms with Gasteiger partial charge in [0.2, 0.25) is 0 Å². The molecular weight excluding hydrogens is 362 g/mol. The summed E-state index contributed by atoms with van der Waals surface area (Å²) in [6.45, 7) is -0.0201. The van der Waals surface area contributed by atoms with Crippen LogP contribution in [0.15, 0.2) is 53.0 Å². The highest BCUT2D eigenvalue weighted by Gasteiger charge is 2.09. The van der Waals surface area contributed by atoms with Crippen molar-refractivity contribution in [2.24, 2.45) is 0 Å². The van der Waals surface area contributed by atoms with Gasteiger partial charge in [-0.2, -0.15) is 0 Å². The molecule has 0 aromatic heterocycles. The minimum Gasteiger partial charge on any atom is -0.497 e. The highest BCUT2D eigenvalue weighted by Crippen LogP contribution is 2.12. The van der Waals surface area contributed by atoms with Crippen molar-refractivity contribution in [3.63, 3.8) is 0 Å². The molecule has 1 amide bonds. The van der Waals surface area contributed by atoms with Crippen LogP contribution in [0.3, 0.4) is 0 Å². The van der Waals surface area contributed by atoms with Gasteiger partial charge in [-0.05, 0) is 35.9 Å². The van der Waals surface area contributed by atoms with Gasteiger partial charge in [0.25, 0.3) is 5.91 Å². The highest BCUT2D eigenvalue weighted by atomic mass is 79.9. The second-order valence-electron chi connectivity index (χ2n) is 4.70. The van der Waals surface area contributed by atoms with Crippen molar-refractivity contribution in [1.82, 2.24) is 5.32 Å². The molecule has 120 valence electrons. The van der Waals surface area contributed by atoms with Crippen LogP contribution < -0.4 is 10.1 Å². The average Bonchev–Trinajstić information content (AvgIpc) is 2.59. The van der Waals surface area contributed by atoms with Crippen LogP contribution in [0.4, 0.5) is 0 Å². The van der Waals surface area contributed by atoms with Crippen molar-refractivity contribution in [2.45, 2.75) is 6.61 Å². The molecule has 6 heteroatoms. The quantitative estimate of drug-likeness (QED) is 0.786. The molecule has 0 saturated heterocycles. The number of nitrogens with one attached hydrogen (secondary N) is 1. The smallest absolute Gasteiger partial charge is 0.325 e. The van der Waals surface area contributed by atoms with Crippen LogP contribution >= 0.6 is 15.9 Å². The molecule has 0 fully saturated rings. The summed E-state index contributed by atoms with van der Waals surface area (Å²) in [7, 11) is 1.52. The molecule has 0 saturated carbocycles. The number of rotatable bonds is 6. The van der Waals surface area contributed by atoms with Crippen LogP contribution in [0.25, 0.3) is 0 Å². The number of methoxy groups -OCH3 is 1. The maximum Gasteiger partial charge on any atom is 0.325 e. The van der Waals surface area contributed by atoms with Gasteiger partial charge in [-0.15, -0.1) is 0 Å². The van der Waals surface area contributed by atoms with E-state index in [2.05, 4.69) is 21.2 Å². The first-order valence-electron chi connectivity index (χ1n) is 6.91. The molecule has 0 aliphatic heterocycles. The van der Waals surface area contributed by atoms with E-state index in [0.29, 0.717) is 11.3 Å². The molecule has 0 bridgehead atoms. The molecule has 0 atom stereocenters. The van der Waals surface area contributed by atoms with Crippen LogP contribution in [0.2, 0.25) is 0 Å². The Hall–Kier alpha value is -2.34. The molecule has 0 aliphatic rings. The van der Waals surface area contributed by atoms with Crippen molar-refractivity contribution >= 4 is 27.8 Å². The van der Waals surface area contributed by atoms with Gasteiger partial charge in [-0.25, -0.2) is 0 Å². The molecule has 1 N–H and O–H groups in total.